The van der Waals surface area contributed by atoms with Crippen molar-refractivity contribution in [2.75, 3.05) is 39.8 Å². The van der Waals surface area contributed by atoms with E-state index >= 15 is 0 Å². The van der Waals surface area contributed by atoms with Gasteiger partial charge in [-0.15, -0.1) is 0 Å². The van der Waals surface area contributed by atoms with Crippen molar-refractivity contribution in [1.29, 1.82) is 0 Å². The van der Waals surface area contributed by atoms with E-state index in [1.54, 1.807) is 19.2 Å². The van der Waals surface area contributed by atoms with E-state index in [-0.39, 0.29) is 42.7 Å². The largest absolute Gasteiger partial charge is 0.492 e. The van der Waals surface area contributed by atoms with E-state index < -0.39 is 0 Å². The maximum absolute atomic E-state index is 12.8. The second kappa shape index (κ2) is 17.1. The summed E-state index contributed by atoms with van der Waals surface area (Å²) in [6.07, 6.45) is 4.13. The first-order valence-corrected chi connectivity index (χ1v) is 13.2. The Morgan fingerprint density at radius 1 is 1.00 bits per heavy atom. The lowest BCUT2D eigenvalue weighted by Gasteiger charge is -2.24. The Bertz CT molecular complexity index is 995. The van der Waals surface area contributed by atoms with Crippen LogP contribution in [0.2, 0.25) is 0 Å². The average Bonchev–Trinajstić information content (AvgIpc) is 2.91. The fraction of sp³-hybridized carbons (Fsp3) is 0.483. The van der Waals surface area contributed by atoms with Gasteiger partial charge in [0.2, 0.25) is 17.7 Å². The van der Waals surface area contributed by atoms with Gasteiger partial charge in [0.05, 0.1) is 19.1 Å². The van der Waals surface area contributed by atoms with Crippen LogP contribution < -0.4 is 20.7 Å². The Morgan fingerprint density at radius 2 is 1.74 bits per heavy atom. The summed E-state index contributed by atoms with van der Waals surface area (Å²) in [6.45, 7) is 5.31. The molecule has 0 saturated heterocycles. The molecule has 0 aliphatic carbocycles. The van der Waals surface area contributed by atoms with E-state index in [0.29, 0.717) is 26.1 Å². The fourth-order valence-corrected chi connectivity index (χ4v) is 3.86. The molecule has 9 heteroatoms. The molecule has 2 aromatic rings. The summed E-state index contributed by atoms with van der Waals surface area (Å²) in [5.74, 6) is -0.0770. The SMILES string of the molecule is CCCC[C@@H]1NCCOc2ccccc2CCCNC(=O)CNC(=O)CN(C)C1=O.Cc1ccc(F)cc1. The highest BCUT2D eigenvalue weighted by Crippen LogP contribution is 2.19. The molecule has 208 valence electrons. The number of carbonyl (C=O) groups is 3. The molecule has 3 N–H and O–H groups in total. The third-order valence-corrected chi connectivity index (χ3v) is 6.03. The van der Waals surface area contributed by atoms with Gasteiger partial charge in [0.1, 0.15) is 18.2 Å². The number of hydrogen-bond acceptors (Lipinski definition) is 5. The van der Waals surface area contributed by atoms with Gasteiger partial charge >= 0.3 is 0 Å². The molecule has 38 heavy (non-hydrogen) atoms. The number of unbranched alkanes of at least 4 members (excludes halogenated alkanes) is 1. The second-order valence-electron chi connectivity index (χ2n) is 9.33. The second-order valence-corrected chi connectivity index (χ2v) is 9.33. The number of rotatable bonds is 3. The molecule has 1 aliphatic heterocycles. The summed E-state index contributed by atoms with van der Waals surface area (Å²) in [7, 11) is 1.60. The molecule has 1 atom stereocenters. The van der Waals surface area contributed by atoms with Gasteiger partial charge in [-0.25, -0.2) is 4.39 Å². The minimum absolute atomic E-state index is 0.0830. The van der Waals surface area contributed by atoms with Gasteiger partial charge in [0.25, 0.3) is 0 Å². The maximum Gasteiger partial charge on any atom is 0.240 e. The third kappa shape index (κ3) is 11.7. The van der Waals surface area contributed by atoms with Gasteiger partial charge in [-0.1, -0.05) is 55.7 Å². The number of likely N-dealkylation sites (N-methyl/N-ethyl adjacent to an activating group) is 1. The highest BCUT2D eigenvalue weighted by atomic mass is 19.1. The number of amides is 3. The fourth-order valence-electron chi connectivity index (χ4n) is 3.86. The van der Waals surface area contributed by atoms with E-state index in [1.807, 2.05) is 31.2 Å². The molecule has 3 rings (SSSR count). The van der Waals surface area contributed by atoms with E-state index in [1.165, 1.54) is 17.0 Å². The molecule has 0 aromatic heterocycles. The number of ether oxygens (including phenoxy) is 1. The summed E-state index contributed by atoms with van der Waals surface area (Å²) in [5, 5.41) is 8.66. The molecular weight excluding hydrogens is 487 g/mol. The van der Waals surface area contributed by atoms with Crippen molar-refractivity contribution in [3.63, 3.8) is 0 Å². The van der Waals surface area contributed by atoms with Gasteiger partial charge in [0, 0.05) is 20.1 Å². The van der Waals surface area contributed by atoms with Gasteiger partial charge < -0.3 is 25.6 Å². The van der Waals surface area contributed by atoms with Crippen LogP contribution in [0.4, 0.5) is 4.39 Å². The normalized spacial score (nSPS) is 17.9. The van der Waals surface area contributed by atoms with Crippen LogP contribution >= 0.6 is 0 Å². The zero-order chi connectivity index (χ0) is 27.8. The van der Waals surface area contributed by atoms with Gasteiger partial charge in [0.15, 0.2) is 0 Å². The number of fused-ring (bicyclic) bond motifs is 1. The van der Waals surface area contributed by atoms with Crippen LogP contribution in [0.15, 0.2) is 48.5 Å². The number of carbonyl (C=O) groups excluding carboxylic acids is 3. The van der Waals surface area contributed by atoms with E-state index in [0.717, 1.165) is 42.6 Å². The lowest BCUT2D eigenvalue weighted by atomic mass is 10.1. The maximum atomic E-state index is 12.8. The number of nitrogens with one attached hydrogen (secondary N) is 3. The molecule has 1 aliphatic rings. The first-order valence-electron chi connectivity index (χ1n) is 13.2. The minimum atomic E-state index is -0.372. The number of nitrogens with zero attached hydrogens (tertiary/aromatic N) is 1. The van der Waals surface area contributed by atoms with E-state index in [9.17, 15) is 18.8 Å². The van der Waals surface area contributed by atoms with Gasteiger partial charge in [-0.05, 0) is 49.9 Å². The third-order valence-electron chi connectivity index (χ3n) is 6.03. The zero-order valence-electron chi connectivity index (χ0n) is 22.7. The van der Waals surface area contributed by atoms with Crippen LogP contribution in [0.3, 0.4) is 0 Å². The highest BCUT2D eigenvalue weighted by Gasteiger charge is 2.23. The molecule has 0 spiro atoms. The lowest BCUT2D eigenvalue weighted by Crippen LogP contribution is -2.49. The Labute approximate surface area is 225 Å². The molecule has 8 nitrogen and oxygen atoms in total. The molecule has 0 unspecified atom stereocenters. The molecule has 0 saturated carbocycles. The predicted octanol–water partition coefficient (Wildman–Crippen LogP) is 2.98. The Morgan fingerprint density at radius 3 is 2.45 bits per heavy atom. The smallest absolute Gasteiger partial charge is 0.240 e. The number of para-hydroxylation sites is 1. The summed E-state index contributed by atoms with van der Waals surface area (Å²) in [6, 6.07) is 13.9. The number of halogens is 1. The van der Waals surface area contributed by atoms with Crippen molar-refractivity contribution >= 4 is 17.7 Å². The quantitative estimate of drug-likeness (QED) is 0.569. The summed E-state index contributed by atoms with van der Waals surface area (Å²) < 4.78 is 18.0. The monoisotopic (exact) mass is 528 g/mol. The van der Waals surface area contributed by atoms with E-state index in [2.05, 4.69) is 22.9 Å². The van der Waals surface area contributed by atoms with E-state index in [4.69, 9.17) is 4.74 Å². The molecule has 1 heterocycles. The standard InChI is InChI=1S/C22H34N4O4.C7H7F/c1-3-4-10-18-22(29)26(2)16-21(28)25-15-20(27)24-12-7-9-17-8-5-6-11-19(17)30-14-13-23-18;1-6-2-4-7(8)5-3-6/h5-6,8,11,18,23H,3-4,7,9-10,12-16H2,1-2H3,(H,24,27)(H,25,28);2-5H,1H3/t18-;/m0./s1. The molecule has 0 bridgehead atoms. The number of aryl methyl sites for hydroxylation is 2. The van der Waals surface area contributed by atoms with Crippen molar-refractivity contribution in [1.82, 2.24) is 20.9 Å². The molecule has 2 aromatic carbocycles. The number of hydrogen-bond donors (Lipinski definition) is 3. The molecule has 3 amide bonds. The molecule has 0 fully saturated rings. The van der Waals surface area contributed by atoms with Gasteiger partial charge in [-0.3, -0.25) is 14.4 Å². The zero-order valence-corrected chi connectivity index (χ0v) is 22.7. The highest BCUT2D eigenvalue weighted by molar-refractivity contribution is 5.89. The van der Waals surface area contributed by atoms with Crippen molar-refractivity contribution in [3.05, 3.63) is 65.5 Å². The van der Waals surface area contributed by atoms with Crippen molar-refractivity contribution in [2.45, 2.75) is 52.0 Å². The predicted molar refractivity (Wildman–Crippen MR) is 146 cm³/mol. The Balaban J connectivity index is 0.000000538. The van der Waals surface area contributed by atoms with Crippen molar-refractivity contribution in [2.24, 2.45) is 0 Å². The summed E-state index contributed by atoms with van der Waals surface area (Å²) in [5.41, 5.74) is 2.17. The van der Waals surface area contributed by atoms with Crippen molar-refractivity contribution < 1.29 is 23.5 Å². The van der Waals surface area contributed by atoms with Crippen LogP contribution in [0, 0.1) is 12.7 Å². The van der Waals surface area contributed by atoms with Crippen LogP contribution in [-0.4, -0.2) is 68.5 Å². The molecular formula is C29H41FN4O4. The summed E-state index contributed by atoms with van der Waals surface area (Å²) in [4.78, 5) is 38.3. The van der Waals surface area contributed by atoms with Crippen LogP contribution in [-0.2, 0) is 20.8 Å². The van der Waals surface area contributed by atoms with Gasteiger partial charge in [-0.2, -0.15) is 0 Å². The number of benzene rings is 2. The van der Waals surface area contributed by atoms with Crippen LogP contribution in [0.1, 0.15) is 43.7 Å². The average molecular weight is 529 g/mol. The molecule has 0 radical (unpaired) electrons. The summed E-state index contributed by atoms with van der Waals surface area (Å²) >= 11 is 0. The van der Waals surface area contributed by atoms with Crippen molar-refractivity contribution in [3.8, 4) is 5.75 Å². The minimum Gasteiger partial charge on any atom is -0.492 e. The Kier molecular flexibility index (Phi) is 13.9. The van der Waals surface area contributed by atoms with Crippen LogP contribution in [0.25, 0.3) is 0 Å². The Hall–Kier alpha value is -3.46. The first-order chi connectivity index (χ1) is 18.3. The first kappa shape index (κ1) is 30.8. The lowest BCUT2D eigenvalue weighted by molar-refractivity contribution is -0.136. The van der Waals surface area contributed by atoms with Crippen LogP contribution in [0.5, 0.6) is 5.75 Å². The topological polar surface area (TPSA) is 99.8 Å².